The maximum Gasteiger partial charge on any atom is 0.307 e. The van der Waals surface area contributed by atoms with Gasteiger partial charge in [-0.25, -0.2) is 8.78 Å². The van der Waals surface area contributed by atoms with E-state index in [1.165, 1.54) is 0 Å². The number of aromatic hydroxyl groups is 1. The van der Waals surface area contributed by atoms with Crippen molar-refractivity contribution in [1.82, 2.24) is 4.98 Å². The van der Waals surface area contributed by atoms with E-state index in [1.807, 2.05) is 0 Å². The molecule has 0 unspecified atom stereocenters. The van der Waals surface area contributed by atoms with E-state index < -0.39 is 23.8 Å². The number of alkyl halides is 2. The lowest BCUT2D eigenvalue weighted by molar-refractivity contribution is -0.136. The van der Waals surface area contributed by atoms with Crippen molar-refractivity contribution < 1.29 is 23.8 Å². The van der Waals surface area contributed by atoms with Crippen LogP contribution in [0.15, 0.2) is 12.3 Å². The number of carbonyl (C=O) groups is 1. The zero-order valence-corrected chi connectivity index (χ0v) is 6.94. The Bertz CT molecular complexity index is 354. The van der Waals surface area contributed by atoms with E-state index in [9.17, 15) is 13.6 Å². The highest BCUT2D eigenvalue weighted by molar-refractivity contribution is 5.70. The van der Waals surface area contributed by atoms with Crippen LogP contribution in [0.25, 0.3) is 0 Å². The fraction of sp³-hybridized carbons (Fsp3) is 0.250. The third-order valence-corrected chi connectivity index (χ3v) is 1.52. The molecule has 0 atom stereocenters. The predicted octanol–water partition coefficient (Wildman–Crippen LogP) is 1.35. The zero-order chi connectivity index (χ0) is 10.7. The Hall–Kier alpha value is -1.72. The molecule has 76 valence electrons. The minimum absolute atomic E-state index is 0.180. The van der Waals surface area contributed by atoms with Crippen LogP contribution in [0.4, 0.5) is 8.78 Å². The number of hydrogen-bond acceptors (Lipinski definition) is 3. The number of aromatic nitrogens is 1. The van der Waals surface area contributed by atoms with E-state index in [0.717, 1.165) is 12.3 Å². The molecule has 2 N–H and O–H groups in total. The Balaban J connectivity index is 2.94. The summed E-state index contributed by atoms with van der Waals surface area (Å²) in [7, 11) is 0. The van der Waals surface area contributed by atoms with Crippen LogP contribution in [0.3, 0.4) is 0 Å². The first kappa shape index (κ1) is 10.4. The molecule has 0 aliphatic rings. The smallest absolute Gasteiger partial charge is 0.307 e. The van der Waals surface area contributed by atoms with E-state index in [2.05, 4.69) is 4.98 Å². The van der Waals surface area contributed by atoms with Gasteiger partial charge in [0.25, 0.3) is 6.43 Å². The summed E-state index contributed by atoms with van der Waals surface area (Å²) < 4.78 is 24.2. The Labute approximate surface area is 77.8 Å². The van der Waals surface area contributed by atoms with E-state index in [0.29, 0.717) is 0 Å². The highest BCUT2D eigenvalue weighted by Crippen LogP contribution is 2.26. The van der Waals surface area contributed by atoms with Crippen molar-refractivity contribution in [3.8, 4) is 5.75 Å². The summed E-state index contributed by atoms with van der Waals surface area (Å²) in [5.41, 5.74) is -0.557. The van der Waals surface area contributed by atoms with Crippen LogP contribution >= 0.6 is 0 Å². The van der Waals surface area contributed by atoms with Crippen molar-refractivity contribution in [3.63, 3.8) is 0 Å². The van der Waals surface area contributed by atoms with Crippen LogP contribution in [0.5, 0.6) is 5.75 Å². The quantitative estimate of drug-likeness (QED) is 0.777. The van der Waals surface area contributed by atoms with Crippen molar-refractivity contribution in [2.24, 2.45) is 0 Å². The first-order valence-electron chi connectivity index (χ1n) is 3.68. The number of nitrogens with zero attached hydrogens (tertiary/aromatic N) is 1. The Morgan fingerprint density at radius 2 is 2.21 bits per heavy atom. The highest BCUT2D eigenvalue weighted by atomic mass is 19.3. The maximum absolute atomic E-state index is 12.1. The Morgan fingerprint density at radius 3 is 2.64 bits per heavy atom. The van der Waals surface area contributed by atoms with Gasteiger partial charge in [-0.15, -0.1) is 0 Å². The molecule has 1 aromatic rings. The van der Waals surface area contributed by atoms with Crippen LogP contribution in [0.2, 0.25) is 0 Å². The molecule has 1 heterocycles. The molecule has 0 amide bonds. The van der Waals surface area contributed by atoms with Gasteiger partial charge in [0.2, 0.25) is 0 Å². The van der Waals surface area contributed by atoms with E-state index in [1.54, 1.807) is 0 Å². The van der Waals surface area contributed by atoms with Gasteiger partial charge >= 0.3 is 5.97 Å². The van der Waals surface area contributed by atoms with E-state index in [4.69, 9.17) is 10.2 Å². The van der Waals surface area contributed by atoms with Crippen molar-refractivity contribution in [2.45, 2.75) is 12.8 Å². The first-order valence-corrected chi connectivity index (χ1v) is 3.68. The second-order valence-electron chi connectivity index (χ2n) is 2.62. The summed E-state index contributed by atoms with van der Waals surface area (Å²) in [6.45, 7) is 0. The lowest BCUT2D eigenvalue weighted by atomic mass is 10.2. The molecular formula is C8H7F2NO3. The standard InChI is InChI=1S/C8H7F2NO3/c9-8(10)7-5(12)1-4(3-11-7)2-6(13)14/h1,3,8,12H,2H2,(H,13,14). The molecule has 1 rings (SSSR count). The summed E-state index contributed by atoms with van der Waals surface area (Å²) in [4.78, 5) is 13.5. The minimum Gasteiger partial charge on any atom is -0.506 e. The lowest BCUT2D eigenvalue weighted by Gasteiger charge is -2.03. The van der Waals surface area contributed by atoms with Crippen LogP contribution in [-0.2, 0) is 11.2 Å². The molecule has 0 aliphatic carbocycles. The normalized spacial score (nSPS) is 10.5. The number of halogens is 2. The van der Waals surface area contributed by atoms with Gasteiger partial charge in [0.15, 0.2) is 0 Å². The molecule has 1 aromatic heterocycles. The number of hydrogen-bond donors (Lipinski definition) is 2. The molecule has 0 radical (unpaired) electrons. The summed E-state index contributed by atoms with van der Waals surface area (Å²) in [5, 5.41) is 17.4. The molecule has 0 aliphatic heterocycles. The van der Waals surface area contributed by atoms with Gasteiger partial charge in [-0.1, -0.05) is 0 Å². The van der Waals surface area contributed by atoms with Crippen molar-refractivity contribution in [1.29, 1.82) is 0 Å². The minimum atomic E-state index is -2.87. The zero-order valence-electron chi connectivity index (χ0n) is 6.94. The van der Waals surface area contributed by atoms with Crippen molar-refractivity contribution >= 4 is 5.97 Å². The first-order chi connectivity index (χ1) is 6.50. The van der Waals surface area contributed by atoms with Gasteiger partial charge in [-0.05, 0) is 11.6 Å². The highest BCUT2D eigenvalue weighted by Gasteiger charge is 2.15. The molecule has 0 fully saturated rings. The average Bonchev–Trinajstić information content (AvgIpc) is 2.01. The molecule has 0 saturated carbocycles. The number of rotatable bonds is 3. The average molecular weight is 203 g/mol. The summed E-state index contributed by atoms with van der Waals surface area (Å²) >= 11 is 0. The molecular weight excluding hydrogens is 196 g/mol. The van der Waals surface area contributed by atoms with Crippen molar-refractivity contribution in [2.75, 3.05) is 0 Å². The topological polar surface area (TPSA) is 70.4 Å². The lowest BCUT2D eigenvalue weighted by Crippen LogP contribution is -2.01. The number of carboxylic acid groups (broad SMARTS) is 1. The third-order valence-electron chi connectivity index (χ3n) is 1.52. The second-order valence-corrected chi connectivity index (χ2v) is 2.62. The molecule has 14 heavy (non-hydrogen) atoms. The Morgan fingerprint density at radius 1 is 1.57 bits per heavy atom. The van der Waals surface area contributed by atoms with Crippen LogP contribution in [-0.4, -0.2) is 21.2 Å². The Kier molecular flexibility index (Phi) is 2.95. The number of pyridine rings is 1. The molecule has 6 heteroatoms. The van der Waals surface area contributed by atoms with Gasteiger partial charge in [-0.3, -0.25) is 9.78 Å². The predicted molar refractivity (Wildman–Crippen MR) is 42.2 cm³/mol. The molecule has 0 bridgehead atoms. The van der Waals surface area contributed by atoms with E-state index >= 15 is 0 Å². The molecule has 0 spiro atoms. The van der Waals surface area contributed by atoms with Gasteiger partial charge in [0, 0.05) is 6.20 Å². The third kappa shape index (κ3) is 2.38. The monoisotopic (exact) mass is 203 g/mol. The molecule has 0 saturated heterocycles. The fourth-order valence-corrected chi connectivity index (χ4v) is 0.945. The SMILES string of the molecule is O=C(O)Cc1cnc(C(F)F)c(O)c1. The number of carboxylic acids is 1. The van der Waals surface area contributed by atoms with Gasteiger partial charge in [0.05, 0.1) is 6.42 Å². The molecule has 0 aromatic carbocycles. The maximum atomic E-state index is 12.1. The van der Waals surface area contributed by atoms with Gasteiger partial charge < -0.3 is 10.2 Å². The summed E-state index contributed by atoms with van der Waals surface area (Å²) in [6, 6.07) is 0.975. The summed E-state index contributed by atoms with van der Waals surface area (Å²) in [6.07, 6.45) is -2.21. The largest absolute Gasteiger partial charge is 0.506 e. The second kappa shape index (κ2) is 3.99. The fourth-order valence-electron chi connectivity index (χ4n) is 0.945. The molecule has 4 nitrogen and oxygen atoms in total. The van der Waals surface area contributed by atoms with E-state index in [-0.39, 0.29) is 12.0 Å². The summed E-state index contributed by atoms with van der Waals surface area (Å²) in [5.74, 6) is -1.80. The van der Waals surface area contributed by atoms with Crippen LogP contribution in [0, 0.1) is 0 Å². The van der Waals surface area contributed by atoms with Crippen LogP contribution < -0.4 is 0 Å². The van der Waals surface area contributed by atoms with Crippen LogP contribution in [0.1, 0.15) is 17.7 Å². The van der Waals surface area contributed by atoms with Gasteiger partial charge in [0.1, 0.15) is 11.4 Å². The van der Waals surface area contributed by atoms with Crippen molar-refractivity contribution in [3.05, 3.63) is 23.5 Å². The van der Waals surface area contributed by atoms with Gasteiger partial charge in [-0.2, -0.15) is 0 Å². The number of aliphatic carboxylic acids is 1.